The molecule has 0 fully saturated rings. The van der Waals surface area contributed by atoms with E-state index in [9.17, 15) is 14.4 Å². The summed E-state index contributed by atoms with van der Waals surface area (Å²) in [5.74, 6) is -0.942. The highest BCUT2D eigenvalue weighted by Gasteiger charge is 2.19. The number of rotatable bonds is 60. The molecular weight excluding hydrogens is 1010 g/mol. The normalized spacial score (nSPS) is 13.1. The molecule has 0 aromatic rings. The zero-order valence-electron chi connectivity index (χ0n) is 53.2. The highest BCUT2D eigenvalue weighted by Crippen LogP contribution is 2.16. The van der Waals surface area contributed by atoms with Gasteiger partial charge in [-0.05, 0) is 122 Å². The maximum Gasteiger partial charge on any atom is 0.306 e. The summed E-state index contributed by atoms with van der Waals surface area (Å²) < 4.78 is 16.9. The zero-order chi connectivity index (χ0) is 59.2. The molecule has 6 heteroatoms. The summed E-state index contributed by atoms with van der Waals surface area (Å²) in [4.78, 5) is 38.3. The van der Waals surface area contributed by atoms with E-state index in [4.69, 9.17) is 14.2 Å². The Bertz CT molecular complexity index is 1780. The molecule has 0 saturated heterocycles. The molecule has 0 aliphatic carbocycles. The SMILES string of the molecule is CC/C=C\C/C=C\C/C=C\C/C=C\C/C=C\C/C=C\C/C=C\C/C=C\CCCCCCCCCCC(=O)OCC(COC(=O)CCCC/C=C\C/C=C\C/C=C\C/C=C\CC)OC(=O)CCCCCCCCCCCCCCCCCC. The second-order valence-corrected chi connectivity index (χ2v) is 22.0. The summed E-state index contributed by atoms with van der Waals surface area (Å²) >= 11 is 0. The van der Waals surface area contributed by atoms with Crippen LogP contribution in [0.3, 0.4) is 0 Å². The van der Waals surface area contributed by atoms with E-state index in [1.54, 1.807) is 0 Å². The third-order valence-corrected chi connectivity index (χ3v) is 14.1. The second-order valence-electron chi connectivity index (χ2n) is 22.0. The first-order valence-corrected chi connectivity index (χ1v) is 33.8. The summed E-state index contributed by atoms with van der Waals surface area (Å²) in [6, 6.07) is 0. The number of hydrogen-bond acceptors (Lipinski definition) is 6. The number of carbonyl (C=O) groups excluding carboxylic acids is 3. The molecule has 0 aromatic heterocycles. The van der Waals surface area contributed by atoms with Crippen molar-refractivity contribution in [1.82, 2.24) is 0 Å². The molecule has 82 heavy (non-hydrogen) atoms. The van der Waals surface area contributed by atoms with Gasteiger partial charge in [-0.2, -0.15) is 0 Å². The highest BCUT2D eigenvalue weighted by molar-refractivity contribution is 5.71. The standard InChI is InChI=1S/C76H124O6/c1-4-7-10-13-16-19-22-25-28-30-31-32-33-34-35-36-37-38-39-40-41-42-43-44-45-46-49-51-54-57-60-63-66-69-75(78)81-72-73(71-80-74(77)68-65-62-59-56-53-50-47-27-24-21-18-15-12-9-6-3)82-76(79)70-67-64-61-58-55-52-48-29-26-23-20-17-14-11-8-5-2/h7,9-10,12,16,18-19,21,25,27-28,31-32,34-35,37-38,40-41,43-44,47,53,56,73H,4-6,8,11,13-15,17,20,22-24,26,29-30,33,36,39,42,45-46,48-52,54-55,57-72H2,1-3H3/b10-7-,12-9-,19-16-,21-18-,28-25-,32-31-,35-34-,38-37-,41-40-,44-43-,47-27-,56-53-. The lowest BCUT2D eigenvalue weighted by Crippen LogP contribution is -2.30. The molecule has 1 atom stereocenters. The summed E-state index contributed by atoms with van der Waals surface area (Å²) in [5, 5.41) is 0. The molecule has 1 unspecified atom stereocenters. The van der Waals surface area contributed by atoms with Gasteiger partial charge in [-0.15, -0.1) is 0 Å². The molecule has 0 amide bonds. The predicted octanol–water partition coefficient (Wildman–Crippen LogP) is 23.5. The van der Waals surface area contributed by atoms with Gasteiger partial charge in [0, 0.05) is 19.3 Å². The van der Waals surface area contributed by atoms with Crippen molar-refractivity contribution in [3.63, 3.8) is 0 Å². The number of hydrogen-bond donors (Lipinski definition) is 0. The van der Waals surface area contributed by atoms with Crippen LogP contribution >= 0.6 is 0 Å². The Hall–Kier alpha value is -4.71. The van der Waals surface area contributed by atoms with E-state index in [1.807, 2.05) is 0 Å². The number of ether oxygens (including phenoxy) is 3. The minimum atomic E-state index is -0.803. The van der Waals surface area contributed by atoms with Gasteiger partial charge in [-0.1, -0.05) is 301 Å². The number of esters is 3. The minimum Gasteiger partial charge on any atom is -0.462 e. The lowest BCUT2D eigenvalue weighted by molar-refractivity contribution is -0.167. The first-order valence-electron chi connectivity index (χ1n) is 33.8. The number of carbonyl (C=O) groups is 3. The molecule has 0 heterocycles. The molecule has 0 aromatic carbocycles. The molecule has 0 bridgehead atoms. The van der Waals surface area contributed by atoms with Crippen molar-refractivity contribution in [2.75, 3.05) is 13.2 Å². The van der Waals surface area contributed by atoms with Gasteiger partial charge in [0.05, 0.1) is 0 Å². The van der Waals surface area contributed by atoms with Gasteiger partial charge in [-0.25, -0.2) is 0 Å². The Kier molecular flexibility index (Phi) is 64.8. The van der Waals surface area contributed by atoms with Gasteiger partial charge < -0.3 is 14.2 Å². The lowest BCUT2D eigenvalue weighted by Gasteiger charge is -2.18. The maximum absolute atomic E-state index is 12.9. The average Bonchev–Trinajstić information content (AvgIpc) is 3.47. The topological polar surface area (TPSA) is 78.9 Å². The lowest BCUT2D eigenvalue weighted by atomic mass is 10.0. The Morgan fingerprint density at radius 2 is 0.476 bits per heavy atom. The minimum absolute atomic E-state index is 0.0976. The van der Waals surface area contributed by atoms with E-state index in [0.29, 0.717) is 19.3 Å². The molecular formula is C76H124O6. The van der Waals surface area contributed by atoms with Gasteiger partial charge >= 0.3 is 17.9 Å². The van der Waals surface area contributed by atoms with Gasteiger partial charge in [-0.3, -0.25) is 14.4 Å². The molecule has 6 nitrogen and oxygen atoms in total. The number of allylic oxidation sites excluding steroid dienone is 24. The molecule has 0 rings (SSSR count). The first-order chi connectivity index (χ1) is 40.5. The van der Waals surface area contributed by atoms with Crippen molar-refractivity contribution in [2.24, 2.45) is 0 Å². The van der Waals surface area contributed by atoms with Gasteiger partial charge in [0.2, 0.25) is 0 Å². The van der Waals surface area contributed by atoms with Crippen LogP contribution < -0.4 is 0 Å². The number of unbranched alkanes of at least 4 members (excludes halogenated alkanes) is 25. The van der Waals surface area contributed by atoms with Crippen LogP contribution in [-0.4, -0.2) is 37.2 Å². The maximum atomic E-state index is 12.9. The third kappa shape index (κ3) is 66.1. The van der Waals surface area contributed by atoms with Gasteiger partial charge in [0.1, 0.15) is 13.2 Å². The van der Waals surface area contributed by atoms with Crippen LogP contribution in [0.1, 0.15) is 297 Å². The fourth-order valence-electron chi connectivity index (χ4n) is 9.10. The molecule has 0 aliphatic heterocycles. The second kappa shape index (κ2) is 68.8. The van der Waals surface area contributed by atoms with Crippen LogP contribution in [-0.2, 0) is 28.6 Å². The summed E-state index contributed by atoms with van der Waals surface area (Å²) in [6.07, 6.45) is 98.6. The first kappa shape index (κ1) is 77.3. The Morgan fingerprint density at radius 3 is 0.768 bits per heavy atom. The third-order valence-electron chi connectivity index (χ3n) is 14.1. The van der Waals surface area contributed by atoms with E-state index in [0.717, 1.165) is 141 Å². The highest BCUT2D eigenvalue weighted by atomic mass is 16.6. The van der Waals surface area contributed by atoms with E-state index in [-0.39, 0.29) is 31.1 Å². The largest absolute Gasteiger partial charge is 0.462 e. The smallest absolute Gasteiger partial charge is 0.306 e. The van der Waals surface area contributed by atoms with Crippen molar-refractivity contribution in [3.8, 4) is 0 Å². The van der Waals surface area contributed by atoms with Crippen LogP contribution in [0.25, 0.3) is 0 Å². The molecule has 0 saturated carbocycles. The van der Waals surface area contributed by atoms with Crippen LogP contribution in [0.15, 0.2) is 146 Å². The van der Waals surface area contributed by atoms with Crippen LogP contribution in [0, 0.1) is 0 Å². The van der Waals surface area contributed by atoms with Crippen molar-refractivity contribution >= 4 is 17.9 Å². The quantitative estimate of drug-likeness (QED) is 0.0261. The molecule has 0 spiro atoms. The summed E-state index contributed by atoms with van der Waals surface area (Å²) in [6.45, 7) is 6.39. The Labute approximate surface area is 506 Å². The fourth-order valence-corrected chi connectivity index (χ4v) is 9.10. The van der Waals surface area contributed by atoms with Crippen molar-refractivity contribution in [2.45, 2.75) is 303 Å². The molecule has 0 radical (unpaired) electrons. The van der Waals surface area contributed by atoms with Crippen molar-refractivity contribution in [3.05, 3.63) is 146 Å². The van der Waals surface area contributed by atoms with Gasteiger partial charge in [0.25, 0.3) is 0 Å². The Morgan fingerprint density at radius 1 is 0.256 bits per heavy atom. The fraction of sp³-hybridized carbons (Fsp3) is 0.645. The molecule has 0 aliphatic rings. The predicted molar refractivity (Wildman–Crippen MR) is 357 cm³/mol. The van der Waals surface area contributed by atoms with E-state index >= 15 is 0 Å². The van der Waals surface area contributed by atoms with Crippen LogP contribution in [0.5, 0.6) is 0 Å². The van der Waals surface area contributed by atoms with E-state index in [1.165, 1.54) is 116 Å². The van der Waals surface area contributed by atoms with Crippen molar-refractivity contribution in [1.29, 1.82) is 0 Å². The van der Waals surface area contributed by atoms with Crippen LogP contribution in [0.4, 0.5) is 0 Å². The molecule has 464 valence electrons. The van der Waals surface area contributed by atoms with E-state index < -0.39 is 6.10 Å². The average molecular weight is 1130 g/mol. The summed E-state index contributed by atoms with van der Waals surface area (Å²) in [5.41, 5.74) is 0. The van der Waals surface area contributed by atoms with E-state index in [2.05, 4.69) is 167 Å². The summed E-state index contributed by atoms with van der Waals surface area (Å²) in [7, 11) is 0. The van der Waals surface area contributed by atoms with Gasteiger partial charge in [0.15, 0.2) is 6.10 Å². The zero-order valence-corrected chi connectivity index (χ0v) is 53.2. The monoisotopic (exact) mass is 1130 g/mol. The van der Waals surface area contributed by atoms with Crippen LogP contribution in [0.2, 0.25) is 0 Å². The Balaban J connectivity index is 4.33. The molecule has 0 N–H and O–H groups in total. The van der Waals surface area contributed by atoms with Crippen molar-refractivity contribution < 1.29 is 28.6 Å².